The maximum atomic E-state index is 11.6. The predicted octanol–water partition coefficient (Wildman–Crippen LogP) is 4.09. The fourth-order valence-corrected chi connectivity index (χ4v) is 2.85. The van der Waals surface area contributed by atoms with Crippen molar-refractivity contribution < 1.29 is 9.53 Å². The number of hydrogen-bond donors (Lipinski definition) is 0. The van der Waals surface area contributed by atoms with Crippen LogP contribution in [0.3, 0.4) is 0 Å². The normalized spacial score (nSPS) is 12.3. The quantitative estimate of drug-likeness (QED) is 0.684. The molecule has 2 aromatic carbocycles. The minimum absolute atomic E-state index is 0.00447. The van der Waals surface area contributed by atoms with Crippen LogP contribution in [-0.4, -0.2) is 22.9 Å². The summed E-state index contributed by atoms with van der Waals surface area (Å²) in [6.45, 7) is 2.04. The molecule has 1 heterocycles. The van der Waals surface area contributed by atoms with E-state index in [-0.39, 0.29) is 12.0 Å². The van der Waals surface area contributed by atoms with E-state index in [2.05, 4.69) is 5.10 Å². The monoisotopic (exact) mass is 314 g/mol. The molecule has 0 N–H and O–H groups in total. The van der Waals surface area contributed by atoms with Gasteiger partial charge in [-0.05, 0) is 36.8 Å². The molecule has 0 aliphatic rings. The van der Waals surface area contributed by atoms with Gasteiger partial charge in [0.05, 0.1) is 30.4 Å². The number of benzene rings is 2. The van der Waals surface area contributed by atoms with Crippen LogP contribution in [-0.2, 0) is 4.74 Å². The van der Waals surface area contributed by atoms with Gasteiger partial charge < -0.3 is 4.74 Å². The van der Waals surface area contributed by atoms with Gasteiger partial charge in [-0.2, -0.15) is 5.10 Å². The van der Waals surface area contributed by atoms with E-state index in [1.54, 1.807) is 18.3 Å². The van der Waals surface area contributed by atoms with E-state index in [4.69, 9.17) is 16.3 Å². The molecular weight excluding hydrogens is 300 g/mol. The molecule has 5 heteroatoms. The Bertz CT molecular complexity index is 842. The molecule has 1 unspecified atom stereocenters. The van der Waals surface area contributed by atoms with E-state index in [1.807, 2.05) is 41.9 Å². The average Bonchev–Trinajstić information content (AvgIpc) is 2.97. The third kappa shape index (κ3) is 2.46. The van der Waals surface area contributed by atoms with Crippen LogP contribution in [0.2, 0.25) is 5.02 Å². The van der Waals surface area contributed by atoms with E-state index in [1.165, 1.54) is 7.11 Å². The maximum Gasteiger partial charge on any atom is 0.337 e. The van der Waals surface area contributed by atoms with Crippen LogP contribution in [0.25, 0.3) is 10.9 Å². The first-order valence-electron chi connectivity index (χ1n) is 6.92. The van der Waals surface area contributed by atoms with Gasteiger partial charge in [0.2, 0.25) is 0 Å². The standard InChI is InChI=1S/C17H15ClN2O2/c1-11(14-5-3-4-6-15(14)18)20-16-8-7-12(17(21)22-2)9-13(16)10-19-20/h3-11H,1-2H3. The molecule has 0 aliphatic heterocycles. The SMILES string of the molecule is COC(=O)c1ccc2c(cnn2C(C)c2ccccc2Cl)c1. The molecule has 0 aliphatic carbocycles. The number of halogens is 1. The van der Waals surface area contributed by atoms with E-state index < -0.39 is 0 Å². The lowest BCUT2D eigenvalue weighted by Crippen LogP contribution is -2.09. The highest BCUT2D eigenvalue weighted by atomic mass is 35.5. The van der Waals surface area contributed by atoms with Crippen molar-refractivity contribution in [1.29, 1.82) is 0 Å². The number of carbonyl (C=O) groups excluding carboxylic acids is 1. The summed E-state index contributed by atoms with van der Waals surface area (Å²) in [7, 11) is 1.37. The van der Waals surface area contributed by atoms with Crippen molar-refractivity contribution in [1.82, 2.24) is 9.78 Å². The van der Waals surface area contributed by atoms with Crippen LogP contribution in [0.15, 0.2) is 48.7 Å². The minimum atomic E-state index is -0.353. The first kappa shape index (κ1) is 14.6. The fraction of sp³-hybridized carbons (Fsp3) is 0.176. The van der Waals surface area contributed by atoms with E-state index >= 15 is 0 Å². The van der Waals surface area contributed by atoms with Crippen molar-refractivity contribution in [3.63, 3.8) is 0 Å². The number of fused-ring (bicyclic) bond motifs is 1. The second-order valence-corrected chi connectivity index (χ2v) is 5.46. The molecule has 4 nitrogen and oxygen atoms in total. The summed E-state index contributed by atoms with van der Waals surface area (Å²) in [5, 5.41) is 6.05. The van der Waals surface area contributed by atoms with E-state index in [0.29, 0.717) is 10.6 Å². The van der Waals surface area contributed by atoms with Gasteiger partial charge in [-0.1, -0.05) is 29.8 Å². The Morgan fingerprint density at radius 2 is 2.05 bits per heavy atom. The molecule has 0 radical (unpaired) electrons. The third-order valence-corrected chi connectivity index (χ3v) is 4.08. The average molecular weight is 315 g/mol. The zero-order valence-electron chi connectivity index (χ0n) is 12.3. The van der Waals surface area contributed by atoms with Gasteiger partial charge in [0, 0.05) is 10.4 Å². The molecule has 1 atom stereocenters. The van der Waals surface area contributed by atoms with Crippen LogP contribution in [0.4, 0.5) is 0 Å². The van der Waals surface area contributed by atoms with Crippen LogP contribution in [0.5, 0.6) is 0 Å². The summed E-state index contributed by atoms with van der Waals surface area (Å²) in [4.78, 5) is 11.6. The number of carbonyl (C=O) groups is 1. The van der Waals surface area contributed by atoms with Gasteiger partial charge in [-0.15, -0.1) is 0 Å². The summed E-state index contributed by atoms with van der Waals surface area (Å²) in [5.41, 5.74) is 2.46. The zero-order chi connectivity index (χ0) is 15.7. The van der Waals surface area contributed by atoms with E-state index in [0.717, 1.165) is 16.5 Å². The van der Waals surface area contributed by atoms with Crippen molar-refractivity contribution in [2.24, 2.45) is 0 Å². The molecule has 1 aromatic heterocycles. The number of methoxy groups -OCH3 is 1. The van der Waals surface area contributed by atoms with Gasteiger partial charge >= 0.3 is 5.97 Å². The smallest absolute Gasteiger partial charge is 0.337 e. The lowest BCUT2D eigenvalue weighted by molar-refractivity contribution is 0.0601. The van der Waals surface area contributed by atoms with Gasteiger partial charge in [-0.25, -0.2) is 4.79 Å². The molecule has 0 amide bonds. The highest BCUT2D eigenvalue weighted by Crippen LogP contribution is 2.28. The van der Waals surface area contributed by atoms with Crippen molar-refractivity contribution in [3.05, 3.63) is 64.8 Å². The molecule has 0 saturated carbocycles. The summed E-state index contributed by atoms with van der Waals surface area (Å²) in [6.07, 6.45) is 1.75. The number of rotatable bonds is 3. The molecular formula is C17H15ClN2O2. The zero-order valence-corrected chi connectivity index (χ0v) is 13.0. The lowest BCUT2D eigenvalue weighted by Gasteiger charge is -2.15. The lowest BCUT2D eigenvalue weighted by atomic mass is 10.1. The summed E-state index contributed by atoms with van der Waals surface area (Å²) in [6, 6.07) is 13.1. The number of aromatic nitrogens is 2. The largest absolute Gasteiger partial charge is 0.465 e. The summed E-state index contributed by atoms with van der Waals surface area (Å²) in [5.74, 6) is -0.353. The number of ether oxygens (including phenoxy) is 1. The number of esters is 1. The topological polar surface area (TPSA) is 44.1 Å². The Morgan fingerprint density at radius 1 is 1.27 bits per heavy atom. The minimum Gasteiger partial charge on any atom is -0.465 e. The molecule has 0 saturated heterocycles. The highest BCUT2D eigenvalue weighted by molar-refractivity contribution is 6.31. The molecule has 3 aromatic rings. The molecule has 22 heavy (non-hydrogen) atoms. The Labute approximate surface area is 133 Å². The Hall–Kier alpha value is -2.33. The van der Waals surface area contributed by atoms with Crippen LogP contribution in [0.1, 0.15) is 28.9 Å². The van der Waals surface area contributed by atoms with Crippen molar-refractivity contribution in [2.45, 2.75) is 13.0 Å². The molecule has 0 fully saturated rings. The predicted molar refractivity (Wildman–Crippen MR) is 86.3 cm³/mol. The maximum absolute atomic E-state index is 11.6. The summed E-state index contributed by atoms with van der Waals surface area (Å²) >= 11 is 6.27. The van der Waals surface area contributed by atoms with Gasteiger partial charge in [0.1, 0.15) is 0 Å². The molecule has 3 rings (SSSR count). The summed E-state index contributed by atoms with van der Waals surface area (Å²) < 4.78 is 6.64. The van der Waals surface area contributed by atoms with Gasteiger partial charge in [0.15, 0.2) is 0 Å². The molecule has 0 bridgehead atoms. The van der Waals surface area contributed by atoms with Crippen molar-refractivity contribution in [3.8, 4) is 0 Å². The van der Waals surface area contributed by atoms with Crippen LogP contribution in [0, 0.1) is 0 Å². The first-order valence-corrected chi connectivity index (χ1v) is 7.29. The number of nitrogens with zero attached hydrogens (tertiary/aromatic N) is 2. The Morgan fingerprint density at radius 3 is 2.77 bits per heavy atom. The van der Waals surface area contributed by atoms with Crippen LogP contribution >= 0.6 is 11.6 Å². The van der Waals surface area contributed by atoms with Crippen LogP contribution < -0.4 is 0 Å². The van der Waals surface area contributed by atoms with E-state index in [9.17, 15) is 4.79 Å². The number of hydrogen-bond acceptors (Lipinski definition) is 3. The Balaban J connectivity index is 2.05. The van der Waals surface area contributed by atoms with Gasteiger partial charge in [-0.3, -0.25) is 4.68 Å². The molecule has 0 spiro atoms. The van der Waals surface area contributed by atoms with Crippen molar-refractivity contribution in [2.75, 3.05) is 7.11 Å². The van der Waals surface area contributed by atoms with Gasteiger partial charge in [0.25, 0.3) is 0 Å². The highest BCUT2D eigenvalue weighted by Gasteiger charge is 2.15. The third-order valence-electron chi connectivity index (χ3n) is 3.74. The fourth-order valence-electron chi connectivity index (χ4n) is 2.55. The Kier molecular flexibility index (Phi) is 3.86. The molecule has 112 valence electrons. The second-order valence-electron chi connectivity index (χ2n) is 5.05. The second kappa shape index (κ2) is 5.81. The first-order chi connectivity index (χ1) is 10.6. The van der Waals surface area contributed by atoms with Crippen molar-refractivity contribution >= 4 is 28.5 Å².